The lowest BCUT2D eigenvalue weighted by molar-refractivity contribution is -0.113. The predicted octanol–water partition coefficient (Wildman–Crippen LogP) is 0.779. The quantitative estimate of drug-likeness (QED) is 0.595. The monoisotopic (exact) mass is 419 g/mol. The number of nitrogens with two attached hydrogens (primary N) is 1. The van der Waals surface area contributed by atoms with E-state index in [1.165, 1.54) is 19.2 Å². The fourth-order valence-electron chi connectivity index (χ4n) is 3.02. The highest BCUT2D eigenvalue weighted by Crippen LogP contribution is 2.26. The van der Waals surface area contributed by atoms with Gasteiger partial charge in [-0.05, 0) is 49.8 Å². The van der Waals surface area contributed by atoms with Gasteiger partial charge in [-0.15, -0.1) is 0 Å². The normalized spacial score (nSPS) is 20.9. The van der Waals surface area contributed by atoms with Crippen molar-refractivity contribution in [1.82, 2.24) is 4.72 Å². The van der Waals surface area contributed by atoms with Crippen molar-refractivity contribution < 1.29 is 26.4 Å². The molecule has 1 amide bonds. The number of carbonyl (C=O) groups excluding carboxylic acids is 1. The fourth-order valence-corrected chi connectivity index (χ4v) is 4.99. The Bertz CT molecular complexity index is 891. The van der Waals surface area contributed by atoms with E-state index in [2.05, 4.69) is 17.0 Å². The molecule has 0 atom stereocenters. The number of methoxy groups -OCH3 is 1. The molecule has 11 heteroatoms. The molecule has 0 bridgehead atoms. The van der Waals surface area contributed by atoms with Crippen LogP contribution >= 0.6 is 0 Å². The van der Waals surface area contributed by atoms with E-state index >= 15 is 0 Å². The maximum Gasteiger partial charge on any atom is 0.241 e. The number of ether oxygens (including phenoxy) is 1. The van der Waals surface area contributed by atoms with Gasteiger partial charge in [-0.3, -0.25) is 4.79 Å². The van der Waals surface area contributed by atoms with Crippen molar-refractivity contribution in [3.63, 3.8) is 0 Å². The Balaban J connectivity index is 2.02. The first-order valence-corrected chi connectivity index (χ1v) is 11.7. The minimum Gasteiger partial charge on any atom is -0.495 e. The molecule has 0 heterocycles. The Morgan fingerprint density at radius 3 is 2.37 bits per heavy atom. The fraction of sp³-hybridized carbons (Fsp3) is 0.562. The second kappa shape index (κ2) is 8.55. The molecular weight excluding hydrogens is 394 g/mol. The van der Waals surface area contributed by atoms with Crippen LogP contribution in [-0.2, 0) is 24.8 Å². The largest absolute Gasteiger partial charge is 0.495 e. The highest BCUT2D eigenvalue weighted by molar-refractivity contribution is 7.90. The van der Waals surface area contributed by atoms with Crippen LogP contribution in [0.1, 0.15) is 32.6 Å². The van der Waals surface area contributed by atoms with E-state index in [-0.39, 0.29) is 22.4 Å². The standard InChI is InChI=1S/C16H25N3O6S2/c1-11-3-5-12(6-4-11)19-26(21,22)10-16(20)18-13-7-8-14(25-2)15(9-13)27(17,23)24/h7-9,11-12,19H,3-6,10H2,1-2H3,(H,18,20)(H2,17,23,24). The number of anilines is 1. The van der Waals surface area contributed by atoms with Gasteiger partial charge in [0.2, 0.25) is 26.0 Å². The molecule has 1 aliphatic carbocycles. The zero-order valence-electron chi connectivity index (χ0n) is 15.3. The molecule has 1 aliphatic rings. The van der Waals surface area contributed by atoms with Crippen LogP contribution in [0.25, 0.3) is 0 Å². The summed E-state index contributed by atoms with van der Waals surface area (Å²) in [5.74, 6) is -0.929. The first kappa shape index (κ1) is 21.6. The third kappa shape index (κ3) is 6.45. The third-order valence-electron chi connectivity index (χ3n) is 4.44. The molecule has 1 fully saturated rings. The number of carbonyl (C=O) groups is 1. The van der Waals surface area contributed by atoms with Crippen molar-refractivity contribution in [3.8, 4) is 5.75 Å². The van der Waals surface area contributed by atoms with Crippen molar-refractivity contribution >= 4 is 31.6 Å². The van der Waals surface area contributed by atoms with E-state index in [4.69, 9.17) is 9.88 Å². The number of sulfonamides is 2. The first-order chi connectivity index (χ1) is 12.5. The molecule has 1 saturated carbocycles. The molecule has 0 aliphatic heterocycles. The summed E-state index contributed by atoms with van der Waals surface area (Å²) < 4.78 is 55.1. The van der Waals surface area contributed by atoms with E-state index in [1.54, 1.807) is 0 Å². The third-order valence-corrected chi connectivity index (χ3v) is 6.70. The summed E-state index contributed by atoms with van der Waals surface area (Å²) in [4.78, 5) is 11.8. The lowest BCUT2D eigenvalue weighted by Crippen LogP contribution is -2.41. The smallest absolute Gasteiger partial charge is 0.241 e. The molecule has 0 unspecified atom stereocenters. The van der Waals surface area contributed by atoms with Gasteiger partial charge < -0.3 is 10.1 Å². The molecule has 4 N–H and O–H groups in total. The summed E-state index contributed by atoms with van der Waals surface area (Å²) in [6, 6.07) is 3.68. The van der Waals surface area contributed by atoms with Crippen molar-refractivity contribution in [2.24, 2.45) is 11.1 Å². The van der Waals surface area contributed by atoms with Crippen LogP contribution in [0, 0.1) is 5.92 Å². The summed E-state index contributed by atoms with van der Waals surface area (Å²) in [6.07, 6.45) is 3.39. The van der Waals surface area contributed by atoms with Gasteiger partial charge in [0.1, 0.15) is 16.4 Å². The number of primary sulfonamides is 1. The molecule has 27 heavy (non-hydrogen) atoms. The van der Waals surface area contributed by atoms with E-state index in [0.29, 0.717) is 5.92 Å². The second-order valence-corrected chi connectivity index (χ2v) is 10.1. The lowest BCUT2D eigenvalue weighted by Gasteiger charge is -2.26. The van der Waals surface area contributed by atoms with Gasteiger partial charge in [0, 0.05) is 11.7 Å². The summed E-state index contributed by atoms with van der Waals surface area (Å²) in [5, 5.41) is 7.49. The Morgan fingerprint density at radius 1 is 1.19 bits per heavy atom. The van der Waals surface area contributed by atoms with Crippen LogP contribution in [0.4, 0.5) is 5.69 Å². The van der Waals surface area contributed by atoms with Gasteiger partial charge >= 0.3 is 0 Å². The van der Waals surface area contributed by atoms with Crippen molar-refractivity contribution in [1.29, 1.82) is 0 Å². The topological polar surface area (TPSA) is 145 Å². The number of hydrogen-bond acceptors (Lipinski definition) is 6. The molecule has 0 saturated heterocycles. The zero-order chi connectivity index (χ0) is 20.2. The summed E-state index contributed by atoms with van der Waals surface area (Å²) in [5.41, 5.74) is 0.103. The van der Waals surface area contributed by atoms with Crippen LogP contribution in [-0.4, -0.2) is 41.6 Å². The molecule has 152 valence electrons. The zero-order valence-corrected chi connectivity index (χ0v) is 16.9. The highest BCUT2D eigenvalue weighted by atomic mass is 32.2. The van der Waals surface area contributed by atoms with Gasteiger partial charge in [-0.2, -0.15) is 0 Å². The van der Waals surface area contributed by atoms with Gasteiger partial charge in [-0.1, -0.05) is 6.92 Å². The van der Waals surface area contributed by atoms with Gasteiger partial charge in [0.25, 0.3) is 0 Å². The average Bonchev–Trinajstić information content (AvgIpc) is 2.55. The molecule has 0 spiro atoms. The number of nitrogens with one attached hydrogen (secondary N) is 2. The minimum atomic E-state index is -4.07. The van der Waals surface area contributed by atoms with Crippen molar-refractivity contribution in [2.45, 2.75) is 43.5 Å². The van der Waals surface area contributed by atoms with Gasteiger partial charge in [-0.25, -0.2) is 26.7 Å². The maximum atomic E-state index is 12.2. The molecule has 9 nitrogen and oxygen atoms in total. The van der Waals surface area contributed by atoms with Crippen LogP contribution < -0.4 is 19.9 Å². The van der Waals surface area contributed by atoms with Crippen molar-refractivity contribution in [3.05, 3.63) is 18.2 Å². The van der Waals surface area contributed by atoms with E-state index in [0.717, 1.165) is 31.7 Å². The number of amides is 1. The van der Waals surface area contributed by atoms with E-state index in [1.807, 2.05) is 0 Å². The van der Waals surface area contributed by atoms with Gasteiger partial charge in [0.15, 0.2) is 0 Å². The first-order valence-electron chi connectivity index (χ1n) is 8.51. The van der Waals surface area contributed by atoms with Crippen LogP contribution in [0.15, 0.2) is 23.1 Å². The van der Waals surface area contributed by atoms with E-state index < -0.39 is 31.7 Å². The van der Waals surface area contributed by atoms with Crippen LogP contribution in [0.2, 0.25) is 0 Å². The molecule has 0 radical (unpaired) electrons. The molecule has 1 aromatic carbocycles. The summed E-state index contributed by atoms with van der Waals surface area (Å²) >= 11 is 0. The number of benzene rings is 1. The molecular formula is C16H25N3O6S2. The number of rotatable bonds is 7. The van der Waals surface area contributed by atoms with Crippen LogP contribution in [0.5, 0.6) is 5.75 Å². The maximum absolute atomic E-state index is 12.2. The van der Waals surface area contributed by atoms with Crippen molar-refractivity contribution in [2.75, 3.05) is 18.2 Å². The van der Waals surface area contributed by atoms with Crippen LogP contribution in [0.3, 0.4) is 0 Å². The molecule has 2 rings (SSSR count). The Kier molecular flexibility index (Phi) is 6.84. The Labute approximate surface area is 159 Å². The summed E-state index contributed by atoms with van der Waals surface area (Å²) in [6.45, 7) is 2.13. The average molecular weight is 420 g/mol. The minimum absolute atomic E-state index is 0.0244. The van der Waals surface area contributed by atoms with E-state index in [9.17, 15) is 21.6 Å². The SMILES string of the molecule is COc1ccc(NC(=O)CS(=O)(=O)NC2CCC(C)CC2)cc1S(N)(=O)=O. The predicted molar refractivity (Wildman–Crippen MR) is 101 cm³/mol. The second-order valence-electron chi connectivity index (χ2n) is 6.79. The molecule has 0 aromatic heterocycles. The Morgan fingerprint density at radius 2 is 1.81 bits per heavy atom. The summed E-state index contributed by atoms with van der Waals surface area (Å²) in [7, 11) is -6.58. The molecule has 1 aromatic rings. The number of hydrogen-bond donors (Lipinski definition) is 3. The van der Waals surface area contributed by atoms with Gasteiger partial charge in [0.05, 0.1) is 7.11 Å². The lowest BCUT2D eigenvalue weighted by atomic mass is 9.88. The Hall–Kier alpha value is -1.69. The highest BCUT2D eigenvalue weighted by Gasteiger charge is 2.25.